The Hall–Kier alpha value is -1.07. The number of hydrogen-bond acceptors (Lipinski definition) is 2. The van der Waals surface area contributed by atoms with Crippen molar-refractivity contribution in [3.63, 3.8) is 0 Å². The summed E-state index contributed by atoms with van der Waals surface area (Å²) < 4.78 is 39.7. The third-order valence-corrected chi connectivity index (χ3v) is 4.76. The monoisotopic (exact) mass is 328 g/mol. The van der Waals surface area contributed by atoms with E-state index in [1.165, 1.54) is 12.1 Å². The maximum atomic E-state index is 13.2. The third kappa shape index (κ3) is 5.21. The standard InChI is InChI=1S/C18H27F3N2/c1-3-14(2)12-23(16-8-10-22-11-9-16)13-15-6-4-5-7-17(15)18(19,20)21/h4-7,14,16,22H,3,8-13H2,1-2H3. The Labute approximate surface area is 137 Å². The van der Waals surface area contributed by atoms with Gasteiger partial charge in [-0.2, -0.15) is 13.2 Å². The van der Waals surface area contributed by atoms with E-state index in [0.29, 0.717) is 24.1 Å². The average Bonchev–Trinajstić information content (AvgIpc) is 2.54. The molecule has 1 unspecified atom stereocenters. The van der Waals surface area contributed by atoms with Crippen LogP contribution < -0.4 is 5.32 Å². The van der Waals surface area contributed by atoms with Crippen LogP contribution in [0.25, 0.3) is 0 Å². The summed E-state index contributed by atoms with van der Waals surface area (Å²) in [5.74, 6) is 0.489. The van der Waals surface area contributed by atoms with Crippen LogP contribution in [0.1, 0.15) is 44.2 Å². The molecule has 1 saturated heterocycles. The predicted molar refractivity (Wildman–Crippen MR) is 87.2 cm³/mol. The van der Waals surface area contributed by atoms with Crippen LogP contribution in [-0.2, 0) is 12.7 Å². The Morgan fingerprint density at radius 3 is 2.48 bits per heavy atom. The molecule has 1 aliphatic rings. The van der Waals surface area contributed by atoms with Crippen molar-refractivity contribution in [1.82, 2.24) is 10.2 Å². The first kappa shape index (κ1) is 18.3. The van der Waals surface area contributed by atoms with Gasteiger partial charge in [-0.25, -0.2) is 0 Å². The van der Waals surface area contributed by atoms with Crippen LogP contribution in [0.15, 0.2) is 24.3 Å². The second-order valence-electron chi connectivity index (χ2n) is 6.58. The molecule has 5 heteroatoms. The third-order valence-electron chi connectivity index (χ3n) is 4.76. The highest BCUT2D eigenvalue weighted by Crippen LogP contribution is 2.33. The lowest BCUT2D eigenvalue weighted by Gasteiger charge is -2.36. The highest BCUT2D eigenvalue weighted by molar-refractivity contribution is 5.29. The van der Waals surface area contributed by atoms with E-state index in [9.17, 15) is 13.2 Å². The SMILES string of the molecule is CCC(C)CN(Cc1ccccc1C(F)(F)F)C1CCNCC1. The minimum absolute atomic E-state index is 0.367. The van der Waals surface area contributed by atoms with E-state index >= 15 is 0 Å². The molecule has 130 valence electrons. The van der Waals surface area contributed by atoms with Gasteiger partial charge in [0.05, 0.1) is 5.56 Å². The van der Waals surface area contributed by atoms with Crippen molar-refractivity contribution in [2.75, 3.05) is 19.6 Å². The summed E-state index contributed by atoms with van der Waals surface area (Å²) in [5, 5.41) is 3.33. The van der Waals surface area contributed by atoms with Crippen molar-refractivity contribution >= 4 is 0 Å². The van der Waals surface area contributed by atoms with E-state index in [2.05, 4.69) is 24.1 Å². The van der Waals surface area contributed by atoms with Crippen molar-refractivity contribution in [1.29, 1.82) is 0 Å². The number of nitrogens with zero attached hydrogens (tertiary/aromatic N) is 1. The molecule has 1 aliphatic heterocycles. The summed E-state index contributed by atoms with van der Waals surface area (Å²) >= 11 is 0. The van der Waals surface area contributed by atoms with Gasteiger partial charge >= 0.3 is 6.18 Å². The van der Waals surface area contributed by atoms with Crippen LogP contribution in [0.2, 0.25) is 0 Å². The van der Waals surface area contributed by atoms with E-state index in [1.807, 2.05) is 0 Å². The van der Waals surface area contributed by atoms with Gasteiger partial charge in [0.1, 0.15) is 0 Å². The first-order valence-electron chi connectivity index (χ1n) is 8.51. The first-order chi connectivity index (χ1) is 10.9. The van der Waals surface area contributed by atoms with Crippen molar-refractivity contribution in [2.24, 2.45) is 5.92 Å². The Kier molecular flexibility index (Phi) is 6.48. The maximum Gasteiger partial charge on any atom is 0.416 e. The molecule has 1 aromatic rings. The minimum Gasteiger partial charge on any atom is -0.317 e. The lowest BCUT2D eigenvalue weighted by atomic mass is 9.99. The number of hydrogen-bond donors (Lipinski definition) is 1. The Bertz CT molecular complexity index is 481. The molecule has 2 nitrogen and oxygen atoms in total. The molecule has 0 amide bonds. The number of alkyl halides is 3. The number of nitrogens with one attached hydrogen (secondary N) is 1. The van der Waals surface area contributed by atoms with Gasteiger partial charge in [-0.15, -0.1) is 0 Å². The van der Waals surface area contributed by atoms with E-state index in [-0.39, 0.29) is 0 Å². The van der Waals surface area contributed by atoms with E-state index in [4.69, 9.17) is 0 Å². The molecule has 1 aromatic carbocycles. The summed E-state index contributed by atoms with van der Waals surface area (Å²) in [4.78, 5) is 2.26. The molecular weight excluding hydrogens is 301 g/mol. The molecule has 2 rings (SSSR count). The average molecular weight is 328 g/mol. The Morgan fingerprint density at radius 1 is 1.22 bits per heavy atom. The van der Waals surface area contributed by atoms with Crippen molar-refractivity contribution < 1.29 is 13.2 Å². The van der Waals surface area contributed by atoms with Crippen molar-refractivity contribution in [2.45, 2.75) is 51.9 Å². The van der Waals surface area contributed by atoms with E-state index in [1.54, 1.807) is 12.1 Å². The summed E-state index contributed by atoms with van der Waals surface area (Å²) in [6.45, 7) is 7.43. The topological polar surface area (TPSA) is 15.3 Å². The van der Waals surface area contributed by atoms with Gasteiger partial charge in [0.2, 0.25) is 0 Å². The van der Waals surface area contributed by atoms with Crippen LogP contribution in [0.5, 0.6) is 0 Å². The van der Waals surface area contributed by atoms with Gasteiger partial charge in [-0.3, -0.25) is 4.90 Å². The zero-order chi connectivity index (χ0) is 16.9. The second kappa shape index (κ2) is 8.15. The van der Waals surface area contributed by atoms with E-state index in [0.717, 1.165) is 38.9 Å². The number of rotatable bonds is 6. The number of benzene rings is 1. The van der Waals surface area contributed by atoms with Gasteiger partial charge in [-0.1, -0.05) is 38.5 Å². The largest absolute Gasteiger partial charge is 0.416 e. The molecule has 0 saturated carbocycles. The highest BCUT2D eigenvalue weighted by Gasteiger charge is 2.34. The fourth-order valence-corrected chi connectivity index (χ4v) is 3.20. The molecule has 0 aliphatic carbocycles. The molecule has 1 fully saturated rings. The van der Waals surface area contributed by atoms with Gasteiger partial charge in [0, 0.05) is 19.1 Å². The second-order valence-corrected chi connectivity index (χ2v) is 6.58. The van der Waals surface area contributed by atoms with Gasteiger partial charge in [-0.05, 0) is 43.5 Å². The summed E-state index contributed by atoms with van der Waals surface area (Å²) in [7, 11) is 0. The predicted octanol–water partition coefficient (Wildman–Crippen LogP) is 4.31. The molecular formula is C18H27F3N2. The minimum atomic E-state index is -4.28. The fourth-order valence-electron chi connectivity index (χ4n) is 3.20. The van der Waals surface area contributed by atoms with Crippen LogP contribution in [0, 0.1) is 5.92 Å². The maximum absolute atomic E-state index is 13.2. The quantitative estimate of drug-likeness (QED) is 0.837. The molecule has 0 spiro atoms. The zero-order valence-corrected chi connectivity index (χ0v) is 14.0. The summed E-state index contributed by atoms with van der Waals surface area (Å²) in [6.07, 6.45) is -1.23. The van der Waals surface area contributed by atoms with Crippen molar-refractivity contribution in [3.8, 4) is 0 Å². The molecule has 0 aromatic heterocycles. The Morgan fingerprint density at radius 2 is 1.87 bits per heavy atom. The van der Waals surface area contributed by atoms with Crippen molar-refractivity contribution in [3.05, 3.63) is 35.4 Å². The fraction of sp³-hybridized carbons (Fsp3) is 0.667. The summed E-state index contributed by atoms with van der Waals surface area (Å²) in [6, 6.07) is 6.35. The van der Waals surface area contributed by atoms with Crippen LogP contribution >= 0.6 is 0 Å². The smallest absolute Gasteiger partial charge is 0.317 e. The lowest BCUT2D eigenvalue weighted by molar-refractivity contribution is -0.138. The number of halogens is 3. The molecule has 1 heterocycles. The van der Waals surface area contributed by atoms with Crippen LogP contribution in [-0.4, -0.2) is 30.6 Å². The van der Waals surface area contributed by atoms with Gasteiger partial charge in [0.25, 0.3) is 0 Å². The number of piperidine rings is 1. The summed E-state index contributed by atoms with van der Waals surface area (Å²) in [5.41, 5.74) is -0.107. The molecule has 1 N–H and O–H groups in total. The van der Waals surface area contributed by atoms with E-state index < -0.39 is 11.7 Å². The molecule has 23 heavy (non-hydrogen) atoms. The van der Waals surface area contributed by atoms with Gasteiger partial charge in [0.15, 0.2) is 0 Å². The lowest BCUT2D eigenvalue weighted by Crippen LogP contribution is -2.44. The first-order valence-corrected chi connectivity index (χ1v) is 8.51. The highest BCUT2D eigenvalue weighted by atomic mass is 19.4. The normalized spacial score (nSPS) is 18.3. The molecule has 0 radical (unpaired) electrons. The Balaban J connectivity index is 2.20. The zero-order valence-electron chi connectivity index (χ0n) is 14.0. The van der Waals surface area contributed by atoms with Gasteiger partial charge < -0.3 is 5.32 Å². The molecule has 0 bridgehead atoms. The van der Waals surface area contributed by atoms with Crippen LogP contribution in [0.4, 0.5) is 13.2 Å². The van der Waals surface area contributed by atoms with Crippen LogP contribution in [0.3, 0.4) is 0 Å². The molecule has 1 atom stereocenters.